The molecule has 0 aliphatic rings. The molecule has 106 valence electrons. The summed E-state index contributed by atoms with van der Waals surface area (Å²) in [5.41, 5.74) is 1.83. The van der Waals surface area contributed by atoms with Crippen LogP contribution in [0.2, 0.25) is 0 Å². The lowest BCUT2D eigenvalue weighted by Gasteiger charge is -2.14. The van der Waals surface area contributed by atoms with Crippen molar-refractivity contribution in [1.29, 1.82) is 0 Å². The summed E-state index contributed by atoms with van der Waals surface area (Å²) in [6.07, 6.45) is 3.55. The van der Waals surface area contributed by atoms with Gasteiger partial charge in [-0.1, -0.05) is 24.3 Å². The molecule has 3 aromatic rings. The molecule has 21 heavy (non-hydrogen) atoms. The number of benzene rings is 1. The van der Waals surface area contributed by atoms with Gasteiger partial charge in [0.05, 0.1) is 6.54 Å². The van der Waals surface area contributed by atoms with E-state index >= 15 is 0 Å². The van der Waals surface area contributed by atoms with E-state index in [4.69, 9.17) is 4.42 Å². The molecule has 0 spiro atoms. The molecule has 0 fully saturated rings. The summed E-state index contributed by atoms with van der Waals surface area (Å²) in [6, 6.07) is 13.3. The summed E-state index contributed by atoms with van der Waals surface area (Å²) in [4.78, 5) is 18.3. The highest BCUT2D eigenvalue weighted by molar-refractivity contribution is 5.98. The topological polar surface area (TPSA) is 46.3 Å². The van der Waals surface area contributed by atoms with Gasteiger partial charge in [0.1, 0.15) is 5.58 Å². The molecular weight excluding hydrogens is 264 g/mol. The van der Waals surface area contributed by atoms with Gasteiger partial charge in [0.15, 0.2) is 5.76 Å². The molecule has 2 heterocycles. The lowest BCUT2D eigenvalue weighted by molar-refractivity contribution is 0.0917. The standard InChI is InChI=1S/C17H16N2O2/c1-19(11-13-5-4-8-18-10-13)12-15(20)17-9-14-6-2-3-7-16(14)21-17/h2-10H,11-12H2,1H3. The molecule has 2 aromatic heterocycles. The van der Waals surface area contributed by atoms with Crippen LogP contribution in [-0.4, -0.2) is 29.3 Å². The summed E-state index contributed by atoms with van der Waals surface area (Å²) in [7, 11) is 1.91. The lowest BCUT2D eigenvalue weighted by Crippen LogP contribution is -2.25. The number of carbonyl (C=O) groups is 1. The van der Waals surface area contributed by atoms with Crippen LogP contribution < -0.4 is 0 Å². The first-order chi connectivity index (χ1) is 10.2. The van der Waals surface area contributed by atoms with Crippen molar-refractivity contribution in [3.8, 4) is 0 Å². The number of carbonyl (C=O) groups excluding carboxylic acids is 1. The third kappa shape index (κ3) is 3.17. The van der Waals surface area contributed by atoms with E-state index in [0.717, 1.165) is 16.5 Å². The van der Waals surface area contributed by atoms with Crippen LogP contribution >= 0.6 is 0 Å². The van der Waals surface area contributed by atoms with E-state index in [1.54, 1.807) is 12.3 Å². The Bertz CT molecular complexity index is 717. The van der Waals surface area contributed by atoms with Crippen molar-refractivity contribution < 1.29 is 9.21 Å². The molecule has 0 saturated heterocycles. The maximum absolute atomic E-state index is 12.3. The Labute approximate surface area is 123 Å². The van der Waals surface area contributed by atoms with Crippen LogP contribution in [0.25, 0.3) is 11.0 Å². The van der Waals surface area contributed by atoms with Gasteiger partial charge in [-0.05, 0) is 30.8 Å². The fourth-order valence-corrected chi connectivity index (χ4v) is 2.30. The number of pyridine rings is 1. The van der Waals surface area contributed by atoms with Gasteiger partial charge in [0.25, 0.3) is 0 Å². The quantitative estimate of drug-likeness (QED) is 0.674. The van der Waals surface area contributed by atoms with E-state index in [-0.39, 0.29) is 5.78 Å². The van der Waals surface area contributed by atoms with Crippen LogP contribution in [0.1, 0.15) is 16.1 Å². The minimum absolute atomic E-state index is 0.0161. The van der Waals surface area contributed by atoms with Gasteiger partial charge < -0.3 is 4.42 Å². The first-order valence-corrected chi connectivity index (χ1v) is 6.81. The molecule has 0 bridgehead atoms. The van der Waals surface area contributed by atoms with E-state index in [2.05, 4.69) is 4.98 Å². The zero-order valence-corrected chi connectivity index (χ0v) is 11.8. The molecular formula is C17H16N2O2. The first-order valence-electron chi connectivity index (χ1n) is 6.81. The van der Waals surface area contributed by atoms with Crippen LogP contribution in [-0.2, 0) is 6.54 Å². The Kier molecular flexibility index (Phi) is 3.79. The Balaban J connectivity index is 1.68. The zero-order valence-electron chi connectivity index (χ0n) is 11.8. The predicted molar refractivity (Wildman–Crippen MR) is 81.1 cm³/mol. The molecule has 0 aliphatic carbocycles. The number of ketones is 1. The number of hydrogen-bond acceptors (Lipinski definition) is 4. The first kappa shape index (κ1) is 13.5. The molecule has 4 nitrogen and oxygen atoms in total. The fraction of sp³-hybridized carbons (Fsp3) is 0.176. The maximum atomic E-state index is 12.3. The fourth-order valence-electron chi connectivity index (χ4n) is 2.30. The molecule has 0 radical (unpaired) electrons. The smallest absolute Gasteiger partial charge is 0.211 e. The van der Waals surface area contributed by atoms with Gasteiger partial charge in [0.2, 0.25) is 5.78 Å². The number of Topliss-reactive ketones (excluding diaryl/α,β-unsaturated/α-hetero) is 1. The molecule has 1 aromatic carbocycles. The predicted octanol–water partition coefficient (Wildman–Crippen LogP) is 3.14. The van der Waals surface area contributed by atoms with E-state index < -0.39 is 0 Å². The molecule has 0 amide bonds. The normalized spacial score (nSPS) is 11.1. The third-order valence-electron chi connectivity index (χ3n) is 3.29. The zero-order chi connectivity index (χ0) is 14.7. The number of para-hydroxylation sites is 1. The van der Waals surface area contributed by atoms with Crippen LogP contribution in [0.15, 0.2) is 59.3 Å². The van der Waals surface area contributed by atoms with Crippen LogP contribution in [0, 0.1) is 0 Å². The molecule has 3 rings (SSSR count). The van der Waals surface area contributed by atoms with Gasteiger partial charge in [-0.15, -0.1) is 0 Å². The van der Waals surface area contributed by atoms with E-state index in [1.807, 2.05) is 54.5 Å². The second-order valence-corrected chi connectivity index (χ2v) is 5.11. The Morgan fingerprint density at radius 1 is 1.24 bits per heavy atom. The van der Waals surface area contributed by atoms with Crippen molar-refractivity contribution >= 4 is 16.8 Å². The van der Waals surface area contributed by atoms with Crippen molar-refractivity contribution in [3.05, 3.63) is 66.2 Å². The van der Waals surface area contributed by atoms with Crippen molar-refractivity contribution in [1.82, 2.24) is 9.88 Å². The number of aromatic nitrogens is 1. The molecule has 0 atom stereocenters. The van der Waals surface area contributed by atoms with Crippen LogP contribution in [0.4, 0.5) is 0 Å². The summed E-state index contributed by atoms with van der Waals surface area (Å²) >= 11 is 0. The molecule has 0 aliphatic heterocycles. The third-order valence-corrected chi connectivity index (χ3v) is 3.29. The second kappa shape index (κ2) is 5.89. The summed E-state index contributed by atoms with van der Waals surface area (Å²) in [6.45, 7) is 0.995. The highest BCUT2D eigenvalue weighted by atomic mass is 16.3. The Morgan fingerprint density at radius 3 is 2.86 bits per heavy atom. The number of furan rings is 1. The maximum Gasteiger partial charge on any atom is 0.211 e. The minimum atomic E-state index is -0.0161. The van der Waals surface area contributed by atoms with Crippen molar-refractivity contribution in [2.24, 2.45) is 0 Å². The van der Waals surface area contributed by atoms with E-state index in [1.165, 1.54) is 0 Å². The summed E-state index contributed by atoms with van der Waals surface area (Å²) in [5.74, 6) is 0.395. The summed E-state index contributed by atoms with van der Waals surface area (Å²) in [5, 5.41) is 0.954. The van der Waals surface area contributed by atoms with E-state index in [9.17, 15) is 4.79 Å². The number of nitrogens with zero attached hydrogens (tertiary/aromatic N) is 2. The Morgan fingerprint density at radius 2 is 2.10 bits per heavy atom. The van der Waals surface area contributed by atoms with Gasteiger partial charge in [-0.3, -0.25) is 14.7 Å². The van der Waals surface area contributed by atoms with Crippen LogP contribution in [0.3, 0.4) is 0 Å². The molecule has 0 saturated carbocycles. The second-order valence-electron chi connectivity index (χ2n) is 5.11. The number of rotatable bonds is 5. The SMILES string of the molecule is CN(CC(=O)c1cc2ccccc2o1)Cc1cccnc1. The number of likely N-dealkylation sites (N-methyl/N-ethyl adjacent to an activating group) is 1. The molecule has 0 N–H and O–H groups in total. The minimum Gasteiger partial charge on any atom is -0.453 e. The lowest BCUT2D eigenvalue weighted by atomic mass is 10.2. The summed E-state index contributed by atoms with van der Waals surface area (Å²) < 4.78 is 5.59. The van der Waals surface area contributed by atoms with Gasteiger partial charge in [0, 0.05) is 24.3 Å². The van der Waals surface area contributed by atoms with Gasteiger partial charge >= 0.3 is 0 Å². The van der Waals surface area contributed by atoms with Gasteiger partial charge in [-0.2, -0.15) is 0 Å². The average Bonchev–Trinajstić information content (AvgIpc) is 2.92. The van der Waals surface area contributed by atoms with Crippen molar-refractivity contribution in [2.45, 2.75) is 6.54 Å². The number of hydrogen-bond donors (Lipinski definition) is 0. The van der Waals surface area contributed by atoms with Crippen molar-refractivity contribution in [3.63, 3.8) is 0 Å². The molecule has 0 unspecified atom stereocenters. The number of fused-ring (bicyclic) bond motifs is 1. The van der Waals surface area contributed by atoms with Crippen molar-refractivity contribution in [2.75, 3.05) is 13.6 Å². The van der Waals surface area contributed by atoms with Crippen LogP contribution in [0.5, 0.6) is 0 Å². The monoisotopic (exact) mass is 280 g/mol. The molecule has 4 heteroatoms. The Hall–Kier alpha value is -2.46. The average molecular weight is 280 g/mol. The van der Waals surface area contributed by atoms with E-state index in [0.29, 0.717) is 18.8 Å². The largest absolute Gasteiger partial charge is 0.453 e. The highest BCUT2D eigenvalue weighted by Gasteiger charge is 2.14. The highest BCUT2D eigenvalue weighted by Crippen LogP contribution is 2.19. The van der Waals surface area contributed by atoms with Gasteiger partial charge in [-0.25, -0.2) is 0 Å².